The molecule has 0 radical (unpaired) electrons. The summed E-state index contributed by atoms with van der Waals surface area (Å²) in [6.07, 6.45) is 0.753. The van der Waals surface area contributed by atoms with Gasteiger partial charge in [0.2, 0.25) is 0 Å². The lowest BCUT2D eigenvalue weighted by atomic mass is 10.2. The van der Waals surface area contributed by atoms with E-state index in [1.54, 1.807) is 0 Å². The number of hydrogen-bond donors (Lipinski definition) is 2. The fraction of sp³-hybridized carbons (Fsp3) is 0.429. The van der Waals surface area contributed by atoms with Crippen LogP contribution in [0.3, 0.4) is 0 Å². The Kier molecular flexibility index (Phi) is 3.11. The van der Waals surface area contributed by atoms with Gasteiger partial charge in [-0.05, 0) is 25.5 Å². The first kappa shape index (κ1) is 12.0. The number of nitrogens with zero attached hydrogens (tertiary/aromatic N) is 2. The lowest BCUT2D eigenvalue weighted by Gasteiger charge is -2.07. The van der Waals surface area contributed by atoms with Gasteiger partial charge in [-0.1, -0.05) is 12.1 Å². The van der Waals surface area contributed by atoms with Crippen LogP contribution in [-0.4, -0.2) is 30.1 Å². The van der Waals surface area contributed by atoms with Crippen LogP contribution in [0.25, 0.3) is 11.1 Å². The number of hydrogen-bond acceptors (Lipinski definition) is 5. The number of oxazole rings is 1. The molecule has 19 heavy (non-hydrogen) atoms. The van der Waals surface area contributed by atoms with Gasteiger partial charge in [0.25, 0.3) is 0 Å². The lowest BCUT2D eigenvalue weighted by molar-refractivity contribution is 0.526. The average Bonchev–Trinajstić information content (AvgIpc) is 2.97. The third kappa shape index (κ3) is 2.54. The van der Waals surface area contributed by atoms with Crippen molar-refractivity contribution in [3.05, 3.63) is 29.7 Å². The van der Waals surface area contributed by atoms with Crippen LogP contribution in [0.2, 0.25) is 0 Å². The normalized spacial score (nSPS) is 18.4. The molecule has 3 rings (SSSR count). The van der Waals surface area contributed by atoms with E-state index in [0.717, 1.165) is 48.0 Å². The molecule has 5 nitrogen and oxygen atoms in total. The fourth-order valence-electron chi connectivity index (χ4n) is 2.19. The van der Waals surface area contributed by atoms with Crippen LogP contribution in [0.4, 0.5) is 0 Å². The molecule has 1 aromatic carbocycles. The van der Waals surface area contributed by atoms with E-state index in [1.807, 2.05) is 25.1 Å². The van der Waals surface area contributed by atoms with Gasteiger partial charge in [0.1, 0.15) is 5.52 Å². The third-order valence-electron chi connectivity index (χ3n) is 3.20. The second-order valence-corrected chi connectivity index (χ2v) is 4.94. The number of aliphatic imine (C=N–C) groups is 1. The Bertz CT molecular complexity index is 617. The quantitative estimate of drug-likeness (QED) is 0.878. The molecule has 1 aliphatic heterocycles. The van der Waals surface area contributed by atoms with Crippen molar-refractivity contribution in [2.24, 2.45) is 4.99 Å². The Morgan fingerprint density at radius 2 is 2.37 bits per heavy atom. The van der Waals surface area contributed by atoms with Crippen LogP contribution >= 0.6 is 0 Å². The molecule has 1 aromatic heterocycles. The summed E-state index contributed by atoms with van der Waals surface area (Å²) in [7, 11) is 0. The number of fused-ring (bicyclic) bond motifs is 1. The minimum Gasteiger partial charge on any atom is -0.441 e. The van der Waals surface area contributed by atoms with Gasteiger partial charge in [0.05, 0.1) is 6.54 Å². The maximum atomic E-state index is 5.72. The second kappa shape index (κ2) is 4.91. The molecule has 100 valence electrons. The van der Waals surface area contributed by atoms with E-state index in [4.69, 9.17) is 4.42 Å². The Morgan fingerprint density at radius 1 is 1.47 bits per heavy atom. The molecule has 0 aliphatic carbocycles. The molecule has 0 amide bonds. The highest BCUT2D eigenvalue weighted by Gasteiger charge is 2.12. The minimum atomic E-state index is 0.425. The summed E-state index contributed by atoms with van der Waals surface area (Å²) < 4.78 is 5.72. The molecule has 0 fully saturated rings. The van der Waals surface area contributed by atoms with Crippen molar-refractivity contribution in [3.8, 4) is 0 Å². The van der Waals surface area contributed by atoms with Gasteiger partial charge >= 0.3 is 0 Å². The number of aromatic nitrogens is 1. The van der Waals surface area contributed by atoms with E-state index in [2.05, 4.69) is 27.5 Å². The molecular formula is C14H18N4O. The van der Waals surface area contributed by atoms with Crippen LogP contribution in [0, 0.1) is 6.92 Å². The van der Waals surface area contributed by atoms with Crippen LogP contribution in [-0.2, 0) is 6.42 Å². The summed E-state index contributed by atoms with van der Waals surface area (Å²) in [6.45, 7) is 5.77. The van der Waals surface area contributed by atoms with Crippen LogP contribution in [0.5, 0.6) is 0 Å². The predicted molar refractivity (Wildman–Crippen MR) is 75.4 cm³/mol. The Labute approximate surface area is 112 Å². The highest BCUT2D eigenvalue weighted by molar-refractivity contribution is 5.81. The first-order valence-electron chi connectivity index (χ1n) is 6.62. The van der Waals surface area contributed by atoms with Crippen molar-refractivity contribution in [1.82, 2.24) is 15.6 Å². The summed E-state index contributed by atoms with van der Waals surface area (Å²) >= 11 is 0. The summed E-state index contributed by atoms with van der Waals surface area (Å²) in [6, 6.07) is 6.42. The van der Waals surface area contributed by atoms with Crippen molar-refractivity contribution in [1.29, 1.82) is 0 Å². The van der Waals surface area contributed by atoms with E-state index < -0.39 is 0 Å². The molecule has 2 N–H and O–H groups in total. The SMILES string of the molecule is Cc1cccc2oc(CCNC3=NCC(C)N3)nc12. The van der Waals surface area contributed by atoms with Gasteiger partial charge in [-0.25, -0.2) is 4.98 Å². The largest absolute Gasteiger partial charge is 0.441 e. The molecule has 0 saturated heterocycles. The highest BCUT2D eigenvalue weighted by atomic mass is 16.3. The summed E-state index contributed by atoms with van der Waals surface area (Å²) in [5.74, 6) is 1.64. The minimum absolute atomic E-state index is 0.425. The predicted octanol–water partition coefficient (Wildman–Crippen LogP) is 1.62. The third-order valence-corrected chi connectivity index (χ3v) is 3.20. The van der Waals surface area contributed by atoms with Gasteiger partial charge in [-0.2, -0.15) is 0 Å². The molecule has 2 heterocycles. The molecule has 2 aromatic rings. The smallest absolute Gasteiger partial charge is 0.197 e. The maximum absolute atomic E-state index is 5.72. The fourth-order valence-corrected chi connectivity index (χ4v) is 2.19. The molecule has 0 saturated carbocycles. The van der Waals surface area contributed by atoms with Crippen LogP contribution in [0.15, 0.2) is 27.6 Å². The first-order chi connectivity index (χ1) is 9.22. The molecule has 0 spiro atoms. The zero-order chi connectivity index (χ0) is 13.2. The maximum Gasteiger partial charge on any atom is 0.197 e. The summed E-state index contributed by atoms with van der Waals surface area (Å²) in [5, 5.41) is 6.52. The summed E-state index contributed by atoms with van der Waals surface area (Å²) in [5.41, 5.74) is 2.97. The van der Waals surface area contributed by atoms with Crippen molar-refractivity contribution in [2.75, 3.05) is 13.1 Å². The van der Waals surface area contributed by atoms with Crippen LogP contribution < -0.4 is 10.6 Å². The topological polar surface area (TPSA) is 62.5 Å². The molecule has 1 unspecified atom stereocenters. The van der Waals surface area contributed by atoms with E-state index in [1.165, 1.54) is 0 Å². The van der Waals surface area contributed by atoms with Gasteiger partial charge in [-0.15, -0.1) is 0 Å². The zero-order valence-corrected chi connectivity index (χ0v) is 11.2. The number of aryl methyl sites for hydroxylation is 1. The van der Waals surface area contributed by atoms with Gasteiger partial charge in [-0.3, -0.25) is 4.99 Å². The second-order valence-electron chi connectivity index (χ2n) is 4.94. The van der Waals surface area contributed by atoms with Crippen molar-refractivity contribution in [3.63, 3.8) is 0 Å². The van der Waals surface area contributed by atoms with Crippen molar-refractivity contribution < 1.29 is 4.42 Å². The Hall–Kier alpha value is -2.04. The number of nitrogens with one attached hydrogen (secondary N) is 2. The number of guanidine groups is 1. The van der Waals surface area contributed by atoms with Gasteiger partial charge in [0, 0.05) is 19.0 Å². The summed E-state index contributed by atoms with van der Waals surface area (Å²) in [4.78, 5) is 8.87. The lowest BCUT2D eigenvalue weighted by Crippen LogP contribution is -2.38. The van der Waals surface area contributed by atoms with Gasteiger partial charge < -0.3 is 15.1 Å². The Balaban J connectivity index is 1.61. The van der Waals surface area contributed by atoms with Crippen molar-refractivity contribution >= 4 is 17.1 Å². The van der Waals surface area contributed by atoms with Crippen LogP contribution in [0.1, 0.15) is 18.4 Å². The number of benzene rings is 1. The zero-order valence-electron chi connectivity index (χ0n) is 11.2. The Morgan fingerprint density at radius 3 is 3.11 bits per heavy atom. The molecule has 0 bridgehead atoms. The number of rotatable bonds is 3. The van der Waals surface area contributed by atoms with E-state index in [-0.39, 0.29) is 0 Å². The molecule has 5 heteroatoms. The number of para-hydroxylation sites is 1. The molecule has 1 aliphatic rings. The molecule has 1 atom stereocenters. The monoisotopic (exact) mass is 258 g/mol. The standard InChI is InChI=1S/C14H18N4O/c1-9-4-3-5-11-13(9)18-12(19-11)6-7-15-14-16-8-10(2)17-14/h3-5,10H,6-8H2,1-2H3,(H2,15,16,17). The first-order valence-corrected chi connectivity index (χ1v) is 6.62. The van der Waals surface area contributed by atoms with E-state index in [0.29, 0.717) is 6.04 Å². The average molecular weight is 258 g/mol. The van der Waals surface area contributed by atoms with Gasteiger partial charge in [0.15, 0.2) is 17.4 Å². The highest BCUT2D eigenvalue weighted by Crippen LogP contribution is 2.18. The van der Waals surface area contributed by atoms with Crippen molar-refractivity contribution in [2.45, 2.75) is 26.3 Å². The molecular weight excluding hydrogens is 240 g/mol. The van der Waals surface area contributed by atoms with E-state index in [9.17, 15) is 0 Å². The van der Waals surface area contributed by atoms with E-state index >= 15 is 0 Å².